The Hall–Kier alpha value is -0.120. The minimum Gasteiger partial charge on any atom is -0.389 e. The van der Waals surface area contributed by atoms with E-state index < -0.39 is 6.10 Å². The van der Waals surface area contributed by atoms with Gasteiger partial charge < -0.3 is 14.7 Å². The van der Waals surface area contributed by atoms with E-state index in [2.05, 4.69) is 18.7 Å². The maximum atomic E-state index is 10.2. The SMILES string of the molecule is CCC(CC)(C(O)COC(C)C)N(C)C. The third-order valence-corrected chi connectivity index (χ3v) is 3.32. The van der Waals surface area contributed by atoms with Gasteiger partial charge >= 0.3 is 0 Å². The molecule has 0 bridgehead atoms. The molecule has 0 spiro atoms. The summed E-state index contributed by atoms with van der Waals surface area (Å²) in [7, 11) is 4.04. The van der Waals surface area contributed by atoms with Gasteiger partial charge in [-0.3, -0.25) is 0 Å². The zero-order valence-corrected chi connectivity index (χ0v) is 11.1. The lowest BCUT2D eigenvalue weighted by molar-refractivity contribution is -0.0737. The Kier molecular flexibility index (Phi) is 6.41. The topological polar surface area (TPSA) is 32.7 Å². The first-order valence-electron chi connectivity index (χ1n) is 5.87. The molecule has 0 aromatic heterocycles. The summed E-state index contributed by atoms with van der Waals surface area (Å²) in [4.78, 5) is 2.11. The number of aliphatic hydroxyl groups excluding tert-OH is 1. The number of rotatable bonds is 7. The monoisotopic (exact) mass is 217 g/mol. The maximum Gasteiger partial charge on any atom is 0.0956 e. The molecule has 0 heterocycles. The molecule has 1 unspecified atom stereocenters. The van der Waals surface area contributed by atoms with Crippen LogP contribution in [0.2, 0.25) is 0 Å². The molecule has 1 N–H and O–H groups in total. The Morgan fingerprint density at radius 2 is 1.67 bits per heavy atom. The van der Waals surface area contributed by atoms with E-state index in [1.165, 1.54) is 0 Å². The van der Waals surface area contributed by atoms with Gasteiger partial charge in [-0.25, -0.2) is 0 Å². The second-order valence-corrected chi connectivity index (χ2v) is 4.60. The van der Waals surface area contributed by atoms with Crippen LogP contribution in [0, 0.1) is 0 Å². The van der Waals surface area contributed by atoms with Crippen molar-refractivity contribution in [3.05, 3.63) is 0 Å². The zero-order valence-electron chi connectivity index (χ0n) is 11.1. The normalized spacial score (nSPS) is 15.0. The summed E-state index contributed by atoms with van der Waals surface area (Å²) in [6.45, 7) is 8.62. The molecular weight excluding hydrogens is 190 g/mol. The van der Waals surface area contributed by atoms with Crippen LogP contribution >= 0.6 is 0 Å². The van der Waals surface area contributed by atoms with Gasteiger partial charge in [0.2, 0.25) is 0 Å². The van der Waals surface area contributed by atoms with Crippen molar-refractivity contribution in [2.45, 2.75) is 58.3 Å². The van der Waals surface area contributed by atoms with Crippen molar-refractivity contribution < 1.29 is 9.84 Å². The van der Waals surface area contributed by atoms with Crippen molar-refractivity contribution in [1.29, 1.82) is 0 Å². The Balaban J connectivity index is 4.47. The van der Waals surface area contributed by atoms with Crippen LogP contribution in [0.3, 0.4) is 0 Å². The molecule has 0 fully saturated rings. The summed E-state index contributed by atoms with van der Waals surface area (Å²) >= 11 is 0. The zero-order chi connectivity index (χ0) is 12.1. The standard InChI is InChI=1S/C12H27NO2/c1-7-12(8-2,13(5)6)11(14)9-15-10(3)4/h10-11,14H,7-9H2,1-6H3. The molecule has 0 aliphatic heterocycles. The van der Waals surface area contributed by atoms with Gasteiger partial charge in [0.1, 0.15) is 0 Å². The molecule has 1 atom stereocenters. The van der Waals surface area contributed by atoms with E-state index >= 15 is 0 Å². The lowest BCUT2D eigenvalue weighted by Crippen LogP contribution is -2.54. The second kappa shape index (κ2) is 6.46. The molecule has 0 amide bonds. The van der Waals surface area contributed by atoms with Crippen LogP contribution in [-0.2, 0) is 4.74 Å². The highest BCUT2D eigenvalue weighted by Gasteiger charge is 2.36. The first-order valence-corrected chi connectivity index (χ1v) is 5.87. The van der Waals surface area contributed by atoms with Crippen LogP contribution in [0.25, 0.3) is 0 Å². The van der Waals surface area contributed by atoms with Crippen molar-refractivity contribution in [3.8, 4) is 0 Å². The Labute approximate surface area is 94.4 Å². The van der Waals surface area contributed by atoms with Crippen molar-refractivity contribution in [1.82, 2.24) is 4.90 Å². The van der Waals surface area contributed by atoms with Gasteiger partial charge in [0.15, 0.2) is 0 Å². The predicted molar refractivity (Wildman–Crippen MR) is 64.1 cm³/mol. The number of hydrogen-bond acceptors (Lipinski definition) is 3. The van der Waals surface area contributed by atoms with Crippen LogP contribution in [-0.4, -0.2) is 48.5 Å². The number of ether oxygens (including phenoxy) is 1. The second-order valence-electron chi connectivity index (χ2n) is 4.60. The van der Waals surface area contributed by atoms with Gasteiger partial charge in [-0.1, -0.05) is 13.8 Å². The summed E-state index contributed by atoms with van der Waals surface area (Å²) in [6.07, 6.45) is 1.61. The highest BCUT2D eigenvalue weighted by Crippen LogP contribution is 2.26. The van der Waals surface area contributed by atoms with Crippen LogP contribution in [0.15, 0.2) is 0 Å². The van der Waals surface area contributed by atoms with Crippen LogP contribution < -0.4 is 0 Å². The number of hydrogen-bond donors (Lipinski definition) is 1. The highest BCUT2D eigenvalue weighted by molar-refractivity contribution is 4.92. The quantitative estimate of drug-likeness (QED) is 0.707. The first-order chi connectivity index (χ1) is 6.90. The lowest BCUT2D eigenvalue weighted by atomic mass is 9.85. The fraction of sp³-hybridized carbons (Fsp3) is 1.00. The van der Waals surface area contributed by atoms with Crippen molar-refractivity contribution >= 4 is 0 Å². The van der Waals surface area contributed by atoms with E-state index in [1.807, 2.05) is 27.9 Å². The van der Waals surface area contributed by atoms with Gasteiger partial charge in [0, 0.05) is 5.54 Å². The van der Waals surface area contributed by atoms with E-state index in [9.17, 15) is 5.11 Å². The maximum absolute atomic E-state index is 10.2. The van der Waals surface area contributed by atoms with Crippen LogP contribution in [0.1, 0.15) is 40.5 Å². The van der Waals surface area contributed by atoms with E-state index in [1.54, 1.807) is 0 Å². The lowest BCUT2D eigenvalue weighted by Gasteiger charge is -2.42. The first kappa shape index (κ1) is 14.9. The van der Waals surface area contributed by atoms with Gasteiger partial charge in [-0.2, -0.15) is 0 Å². The third kappa shape index (κ3) is 3.74. The molecule has 0 aromatic carbocycles. The van der Waals surface area contributed by atoms with Gasteiger partial charge in [-0.05, 0) is 40.8 Å². The Morgan fingerprint density at radius 1 is 1.20 bits per heavy atom. The van der Waals surface area contributed by atoms with Crippen LogP contribution in [0.4, 0.5) is 0 Å². The summed E-state index contributed by atoms with van der Waals surface area (Å²) in [5, 5.41) is 10.2. The van der Waals surface area contributed by atoms with E-state index in [0.717, 1.165) is 12.8 Å². The molecule has 3 nitrogen and oxygen atoms in total. The molecule has 0 radical (unpaired) electrons. The van der Waals surface area contributed by atoms with Crippen molar-refractivity contribution in [3.63, 3.8) is 0 Å². The largest absolute Gasteiger partial charge is 0.389 e. The summed E-state index contributed by atoms with van der Waals surface area (Å²) in [5.41, 5.74) is -0.158. The summed E-state index contributed by atoms with van der Waals surface area (Å²) < 4.78 is 5.49. The molecule has 15 heavy (non-hydrogen) atoms. The third-order valence-electron chi connectivity index (χ3n) is 3.32. The fourth-order valence-electron chi connectivity index (χ4n) is 2.09. The molecule has 0 aromatic rings. The smallest absolute Gasteiger partial charge is 0.0956 e. The fourth-order valence-corrected chi connectivity index (χ4v) is 2.09. The average molecular weight is 217 g/mol. The molecule has 3 heteroatoms. The Morgan fingerprint density at radius 3 is 1.93 bits per heavy atom. The van der Waals surface area contributed by atoms with Gasteiger partial charge in [0.05, 0.1) is 18.8 Å². The average Bonchev–Trinajstić information content (AvgIpc) is 2.17. The van der Waals surface area contributed by atoms with Crippen molar-refractivity contribution in [2.24, 2.45) is 0 Å². The van der Waals surface area contributed by atoms with Crippen molar-refractivity contribution in [2.75, 3.05) is 20.7 Å². The molecule has 0 saturated heterocycles. The van der Waals surface area contributed by atoms with E-state index in [4.69, 9.17) is 4.74 Å². The van der Waals surface area contributed by atoms with Gasteiger partial charge in [-0.15, -0.1) is 0 Å². The molecule has 0 aliphatic carbocycles. The van der Waals surface area contributed by atoms with E-state index in [0.29, 0.717) is 6.61 Å². The number of likely N-dealkylation sites (N-methyl/N-ethyl adjacent to an activating group) is 1. The minimum absolute atomic E-state index is 0.158. The molecule has 92 valence electrons. The molecule has 0 saturated carbocycles. The number of aliphatic hydroxyl groups is 1. The molecule has 0 aliphatic rings. The predicted octanol–water partition coefficient (Wildman–Crippen LogP) is 1.89. The highest BCUT2D eigenvalue weighted by atomic mass is 16.5. The summed E-state index contributed by atoms with van der Waals surface area (Å²) in [5.74, 6) is 0. The van der Waals surface area contributed by atoms with Gasteiger partial charge in [0.25, 0.3) is 0 Å². The Bertz CT molecular complexity index is 165. The van der Waals surface area contributed by atoms with Crippen LogP contribution in [0.5, 0.6) is 0 Å². The molecular formula is C12H27NO2. The van der Waals surface area contributed by atoms with E-state index in [-0.39, 0.29) is 11.6 Å². The minimum atomic E-state index is -0.426. The molecule has 0 rings (SSSR count). The number of nitrogens with zero attached hydrogens (tertiary/aromatic N) is 1. The summed E-state index contributed by atoms with van der Waals surface area (Å²) in [6, 6.07) is 0.